The van der Waals surface area contributed by atoms with Gasteiger partial charge in [-0.05, 0) is 62.4 Å². The summed E-state index contributed by atoms with van der Waals surface area (Å²) >= 11 is 3.36. The van der Waals surface area contributed by atoms with Crippen LogP contribution in [0.15, 0.2) is 53.0 Å². The summed E-state index contributed by atoms with van der Waals surface area (Å²) in [5.74, 6) is 0. The van der Waals surface area contributed by atoms with Gasteiger partial charge in [-0.2, -0.15) is 0 Å². The van der Waals surface area contributed by atoms with Crippen molar-refractivity contribution in [3.05, 3.63) is 53.0 Å². The summed E-state index contributed by atoms with van der Waals surface area (Å²) in [5, 5.41) is 5.62. The summed E-state index contributed by atoms with van der Waals surface area (Å²) in [7, 11) is 0. The van der Waals surface area contributed by atoms with E-state index in [9.17, 15) is 4.79 Å². The zero-order chi connectivity index (χ0) is 15.9. The third-order valence-electron chi connectivity index (χ3n) is 3.36. The van der Waals surface area contributed by atoms with E-state index in [-0.39, 0.29) is 6.03 Å². The van der Waals surface area contributed by atoms with E-state index in [0.717, 1.165) is 34.6 Å². The number of urea groups is 1. The molecule has 0 radical (unpaired) electrons. The van der Waals surface area contributed by atoms with Crippen molar-refractivity contribution < 1.29 is 4.79 Å². The number of halogens is 1. The largest absolute Gasteiger partial charge is 0.372 e. The predicted molar refractivity (Wildman–Crippen MR) is 96.8 cm³/mol. The summed E-state index contributed by atoms with van der Waals surface area (Å²) < 4.78 is 0.977. The van der Waals surface area contributed by atoms with E-state index in [1.165, 1.54) is 0 Å². The molecule has 0 atom stereocenters. The molecule has 2 aromatic carbocycles. The van der Waals surface area contributed by atoms with Crippen molar-refractivity contribution in [1.82, 2.24) is 0 Å². The van der Waals surface area contributed by atoms with Crippen molar-refractivity contribution in [2.24, 2.45) is 0 Å². The van der Waals surface area contributed by atoms with Gasteiger partial charge in [0.05, 0.1) is 0 Å². The van der Waals surface area contributed by atoms with Gasteiger partial charge in [0.15, 0.2) is 0 Å². The van der Waals surface area contributed by atoms with Crippen molar-refractivity contribution >= 4 is 39.0 Å². The number of nitrogens with one attached hydrogen (secondary N) is 2. The molecule has 0 fully saturated rings. The summed E-state index contributed by atoms with van der Waals surface area (Å²) in [4.78, 5) is 14.2. The fraction of sp³-hybridized carbons (Fsp3) is 0.235. The Morgan fingerprint density at radius 3 is 1.82 bits per heavy atom. The van der Waals surface area contributed by atoms with E-state index in [2.05, 4.69) is 45.3 Å². The highest BCUT2D eigenvalue weighted by Gasteiger charge is 2.04. The Morgan fingerprint density at radius 1 is 0.909 bits per heavy atom. The molecular formula is C17H20BrN3O. The van der Waals surface area contributed by atoms with E-state index < -0.39 is 0 Å². The van der Waals surface area contributed by atoms with Crippen molar-refractivity contribution in [2.75, 3.05) is 28.6 Å². The number of carbonyl (C=O) groups excluding carboxylic acids is 1. The van der Waals surface area contributed by atoms with Crippen LogP contribution in [0.1, 0.15) is 13.8 Å². The van der Waals surface area contributed by atoms with Crippen molar-refractivity contribution in [1.29, 1.82) is 0 Å². The van der Waals surface area contributed by atoms with Crippen LogP contribution in [0.4, 0.5) is 21.9 Å². The average molecular weight is 362 g/mol. The second-order valence-electron chi connectivity index (χ2n) is 4.81. The number of hydrogen-bond donors (Lipinski definition) is 2. The zero-order valence-corrected chi connectivity index (χ0v) is 14.4. The van der Waals surface area contributed by atoms with Gasteiger partial charge in [0.2, 0.25) is 0 Å². The first-order valence-corrected chi connectivity index (χ1v) is 8.10. The number of carbonyl (C=O) groups is 1. The molecule has 2 rings (SSSR count). The Bertz CT molecular complexity index is 607. The van der Waals surface area contributed by atoms with Gasteiger partial charge in [-0.3, -0.25) is 0 Å². The Balaban J connectivity index is 1.95. The Hall–Kier alpha value is -2.01. The minimum atomic E-state index is -0.252. The first-order chi connectivity index (χ1) is 10.6. The van der Waals surface area contributed by atoms with Crippen LogP contribution in [0, 0.1) is 0 Å². The monoisotopic (exact) mass is 361 g/mol. The lowest BCUT2D eigenvalue weighted by Gasteiger charge is -2.21. The molecule has 0 aliphatic rings. The normalized spacial score (nSPS) is 10.1. The van der Waals surface area contributed by atoms with Gasteiger partial charge in [0.1, 0.15) is 0 Å². The van der Waals surface area contributed by atoms with E-state index in [0.29, 0.717) is 0 Å². The fourth-order valence-corrected chi connectivity index (χ4v) is 2.44. The lowest BCUT2D eigenvalue weighted by atomic mass is 10.2. The number of hydrogen-bond acceptors (Lipinski definition) is 2. The van der Waals surface area contributed by atoms with Gasteiger partial charge in [-0.15, -0.1) is 0 Å². The minimum Gasteiger partial charge on any atom is -0.372 e. The predicted octanol–water partition coefficient (Wildman–Crippen LogP) is 4.94. The van der Waals surface area contributed by atoms with E-state index in [4.69, 9.17) is 0 Å². The minimum absolute atomic E-state index is 0.252. The highest BCUT2D eigenvalue weighted by Crippen LogP contribution is 2.18. The lowest BCUT2D eigenvalue weighted by molar-refractivity contribution is 0.262. The SMILES string of the molecule is CCN(CC)c1ccc(NC(=O)Nc2ccc(Br)cc2)cc1. The summed E-state index contributed by atoms with van der Waals surface area (Å²) in [6.45, 7) is 6.18. The van der Waals surface area contributed by atoms with Crippen LogP contribution in [0.5, 0.6) is 0 Å². The molecule has 4 nitrogen and oxygen atoms in total. The smallest absolute Gasteiger partial charge is 0.323 e. The molecule has 0 heterocycles. The van der Waals surface area contributed by atoms with Gasteiger partial charge in [0.25, 0.3) is 0 Å². The molecule has 116 valence electrons. The molecule has 2 aromatic rings. The molecular weight excluding hydrogens is 342 g/mol. The summed E-state index contributed by atoms with van der Waals surface area (Å²) in [5.41, 5.74) is 2.68. The van der Waals surface area contributed by atoms with Crippen molar-refractivity contribution in [2.45, 2.75) is 13.8 Å². The van der Waals surface area contributed by atoms with Crippen LogP contribution < -0.4 is 15.5 Å². The molecule has 0 spiro atoms. The standard InChI is InChI=1S/C17H20BrN3O/c1-3-21(4-2)16-11-9-15(10-12-16)20-17(22)19-14-7-5-13(18)6-8-14/h5-12H,3-4H2,1-2H3,(H2,19,20,22). The second-order valence-corrected chi connectivity index (χ2v) is 5.72. The van der Waals surface area contributed by atoms with Crippen LogP contribution in [-0.4, -0.2) is 19.1 Å². The second kappa shape index (κ2) is 7.84. The van der Waals surface area contributed by atoms with Crippen LogP contribution in [0.2, 0.25) is 0 Å². The maximum absolute atomic E-state index is 12.0. The molecule has 0 saturated carbocycles. The quantitative estimate of drug-likeness (QED) is 0.791. The van der Waals surface area contributed by atoms with Crippen molar-refractivity contribution in [3.63, 3.8) is 0 Å². The lowest BCUT2D eigenvalue weighted by Crippen LogP contribution is -2.22. The number of benzene rings is 2. The van der Waals surface area contributed by atoms with Gasteiger partial charge in [0, 0.05) is 34.6 Å². The molecule has 0 saturated heterocycles. The van der Waals surface area contributed by atoms with E-state index in [1.807, 2.05) is 48.5 Å². The number of amides is 2. The first kappa shape index (κ1) is 16.4. The van der Waals surface area contributed by atoms with Crippen LogP contribution in [0.3, 0.4) is 0 Å². The van der Waals surface area contributed by atoms with Crippen molar-refractivity contribution in [3.8, 4) is 0 Å². The summed E-state index contributed by atoms with van der Waals surface area (Å²) in [6.07, 6.45) is 0. The van der Waals surface area contributed by atoms with E-state index in [1.54, 1.807) is 0 Å². The number of nitrogens with zero attached hydrogens (tertiary/aromatic N) is 1. The van der Waals surface area contributed by atoms with Gasteiger partial charge >= 0.3 is 6.03 Å². The molecule has 0 aliphatic carbocycles. The van der Waals surface area contributed by atoms with Gasteiger partial charge < -0.3 is 15.5 Å². The summed E-state index contributed by atoms with van der Waals surface area (Å²) in [6, 6.07) is 15.1. The third kappa shape index (κ3) is 4.49. The highest BCUT2D eigenvalue weighted by molar-refractivity contribution is 9.10. The van der Waals surface area contributed by atoms with Gasteiger partial charge in [-0.1, -0.05) is 15.9 Å². The third-order valence-corrected chi connectivity index (χ3v) is 3.88. The fourth-order valence-electron chi connectivity index (χ4n) is 2.17. The molecule has 0 aromatic heterocycles. The first-order valence-electron chi connectivity index (χ1n) is 7.31. The number of rotatable bonds is 5. The van der Waals surface area contributed by atoms with Crippen LogP contribution in [0.25, 0.3) is 0 Å². The maximum atomic E-state index is 12.0. The maximum Gasteiger partial charge on any atom is 0.323 e. The molecule has 5 heteroatoms. The molecule has 0 bridgehead atoms. The van der Waals surface area contributed by atoms with Gasteiger partial charge in [-0.25, -0.2) is 4.79 Å². The molecule has 22 heavy (non-hydrogen) atoms. The topological polar surface area (TPSA) is 44.4 Å². The Labute approximate surface area is 139 Å². The highest BCUT2D eigenvalue weighted by atomic mass is 79.9. The van der Waals surface area contributed by atoms with E-state index >= 15 is 0 Å². The molecule has 0 unspecified atom stereocenters. The Kier molecular flexibility index (Phi) is 5.83. The average Bonchev–Trinajstić information content (AvgIpc) is 2.52. The van der Waals surface area contributed by atoms with Crippen LogP contribution in [-0.2, 0) is 0 Å². The number of anilines is 3. The molecule has 2 amide bonds. The van der Waals surface area contributed by atoms with Crippen LogP contribution >= 0.6 is 15.9 Å². The Morgan fingerprint density at radius 2 is 1.36 bits per heavy atom. The molecule has 0 aliphatic heterocycles. The zero-order valence-electron chi connectivity index (χ0n) is 12.8. The molecule has 2 N–H and O–H groups in total.